The molecule has 58 valence electrons. The zero-order chi connectivity index (χ0) is 8.81. The van der Waals surface area contributed by atoms with Crippen molar-refractivity contribution < 1.29 is 0 Å². The number of nitrogens with zero attached hydrogens (tertiary/aromatic N) is 1. The zero-order valence-corrected chi connectivity index (χ0v) is 6.54. The molecule has 0 radical (unpaired) electrons. The van der Waals surface area contributed by atoms with E-state index < -0.39 is 0 Å². The van der Waals surface area contributed by atoms with Crippen molar-refractivity contribution in [2.45, 2.75) is 0 Å². The first-order valence-electron chi connectivity index (χ1n) is 3.54. The molecule has 0 unspecified atom stereocenters. The zero-order valence-electron chi connectivity index (χ0n) is 6.54. The Labute approximate surface area is 71.8 Å². The van der Waals surface area contributed by atoms with Gasteiger partial charge in [-0.05, 0) is 18.2 Å². The summed E-state index contributed by atoms with van der Waals surface area (Å²) < 4.78 is 0. The first-order valence-corrected chi connectivity index (χ1v) is 3.54. The predicted octanol–water partition coefficient (Wildman–Crippen LogP) is 1.60. The van der Waals surface area contributed by atoms with Crippen LogP contribution in [0.15, 0.2) is 24.3 Å². The molecule has 0 atom stereocenters. The highest BCUT2D eigenvalue weighted by molar-refractivity contribution is 5.50. The summed E-state index contributed by atoms with van der Waals surface area (Å²) >= 11 is 0. The Balaban J connectivity index is 2.76. The van der Waals surface area contributed by atoms with Crippen molar-refractivity contribution in [1.29, 1.82) is 5.26 Å². The lowest BCUT2D eigenvalue weighted by Gasteiger charge is -2.00. The van der Waals surface area contributed by atoms with Crippen molar-refractivity contribution in [2.75, 3.05) is 11.9 Å². The fourth-order valence-corrected chi connectivity index (χ4v) is 0.861. The summed E-state index contributed by atoms with van der Waals surface area (Å²) in [4.78, 5) is 0. The maximum Gasteiger partial charge on any atom is 0.103 e. The van der Waals surface area contributed by atoms with Crippen LogP contribution in [0.5, 0.6) is 0 Å². The Kier molecular flexibility index (Phi) is 2.76. The maximum absolute atomic E-state index is 8.30. The van der Waals surface area contributed by atoms with E-state index in [1.165, 1.54) is 0 Å². The molecule has 0 saturated heterocycles. The average Bonchev–Trinajstić information content (AvgIpc) is 2.15. The Bertz CT molecular complexity index is 342. The van der Waals surface area contributed by atoms with E-state index in [0.29, 0.717) is 6.54 Å². The van der Waals surface area contributed by atoms with E-state index in [1.807, 2.05) is 30.3 Å². The van der Waals surface area contributed by atoms with E-state index in [4.69, 9.17) is 11.7 Å². The average molecular weight is 156 g/mol. The highest BCUT2D eigenvalue weighted by Crippen LogP contribution is 2.08. The molecule has 1 rings (SSSR count). The van der Waals surface area contributed by atoms with Crippen molar-refractivity contribution in [2.24, 2.45) is 0 Å². The number of hydrogen-bond acceptors (Lipinski definition) is 2. The van der Waals surface area contributed by atoms with Crippen LogP contribution in [0.3, 0.4) is 0 Å². The Hall–Kier alpha value is -1.93. The molecule has 0 aliphatic carbocycles. The molecule has 1 aromatic carbocycles. The molecule has 0 heterocycles. The molecule has 0 bridgehead atoms. The summed E-state index contributed by atoms with van der Waals surface area (Å²) in [5.74, 6) is 2.52. The number of hydrogen-bond donors (Lipinski definition) is 1. The van der Waals surface area contributed by atoms with Gasteiger partial charge in [0.05, 0.1) is 6.07 Å². The molecular weight excluding hydrogens is 148 g/mol. The van der Waals surface area contributed by atoms with Crippen LogP contribution in [-0.4, -0.2) is 6.54 Å². The molecule has 0 saturated carbocycles. The molecule has 1 N–H and O–H groups in total. The fraction of sp³-hybridized carbons (Fsp3) is 0.100. The summed E-state index contributed by atoms with van der Waals surface area (Å²) in [7, 11) is 0. The topological polar surface area (TPSA) is 35.8 Å². The van der Waals surface area contributed by atoms with Gasteiger partial charge in [-0.1, -0.05) is 12.0 Å². The second kappa shape index (κ2) is 4.05. The third-order valence-corrected chi connectivity index (χ3v) is 1.40. The molecule has 0 aliphatic heterocycles. The Morgan fingerprint density at radius 2 is 2.33 bits per heavy atom. The minimum atomic E-state index is 0.300. The van der Waals surface area contributed by atoms with Gasteiger partial charge >= 0.3 is 0 Å². The molecule has 2 heteroatoms. The van der Waals surface area contributed by atoms with E-state index in [2.05, 4.69) is 11.2 Å². The number of rotatable bonds is 2. The molecule has 0 aliphatic rings. The van der Waals surface area contributed by atoms with E-state index in [1.54, 1.807) is 0 Å². The van der Waals surface area contributed by atoms with Gasteiger partial charge in [0.25, 0.3) is 0 Å². The summed E-state index contributed by atoms with van der Waals surface area (Å²) in [5.41, 5.74) is 1.70. The van der Waals surface area contributed by atoms with Gasteiger partial charge in [-0.15, -0.1) is 6.42 Å². The SMILES string of the molecule is C#Cc1cccc(NCC#N)c1. The third kappa shape index (κ3) is 2.04. The standard InChI is InChI=1S/C10H8N2/c1-2-9-4-3-5-10(8-9)12-7-6-11/h1,3-5,8,12H,7H2. The molecule has 0 fully saturated rings. The lowest BCUT2D eigenvalue weighted by atomic mass is 10.2. The quantitative estimate of drug-likeness (QED) is 0.521. The maximum atomic E-state index is 8.30. The Morgan fingerprint density at radius 1 is 1.50 bits per heavy atom. The molecular formula is C10H8N2. The minimum absolute atomic E-state index is 0.300. The molecule has 0 aromatic heterocycles. The second-order valence-electron chi connectivity index (χ2n) is 2.24. The monoisotopic (exact) mass is 156 g/mol. The van der Waals surface area contributed by atoms with Crippen LogP contribution in [0.25, 0.3) is 0 Å². The third-order valence-electron chi connectivity index (χ3n) is 1.40. The number of terminal acetylenes is 1. The summed E-state index contributed by atoms with van der Waals surface area (Å²) in [6.07, 6.45) is 5.20. The first kappa shape index (κ1) is 8.17. The first-order chi connectivity index (χ1) is 5.86. The van der Waals surface area contributed by atoms with E-state index in [-0.39, 0.29) is 0 Å². The van der Waals surface area contributed by atoms with Crippen molar-refractivity contribution in [3.63, 3.8) is 0 Å². The van der Waals surface area contributed by atoms with Crippen LogP contribution < -0.4 is 5.32 Å². The van der Waals surface area contributed by atoms with Gasteiger partial charge in [-0.2, -0.15) is 5.26 Å². The van der Waals surface area contributed by atoms with Gasteiger partial charge in [0.2, 0.25) is 0 Å². The highest BCUT2D eigenvalue weighted by Gasteiger charge is 1.90. The lowest BCUT2D eigenvalue weighted by Crippen LogP contribution is -1.97. The molecule has 0 spiro atoms. The molecule has 12 heavy (non-hydrogen) atoms. The van der Waals surface area contributed by atoms with Crippen LogP contribution in [-0.2, 0) is 0 Å². The molecule has 0 amide bonds. The van der Waals surface area contributed by atoms with Crippen LogP contribution in [0, 0.1) is 23.7 Å². The number of anilines is 1. The van der Waals surface area contributed by atoms with Crippen molar-refractivity contribution in [3.8, 4) is 18.4 Å². The largest absolute Gasteiger partial charge is 0.372 e. The number of benzene rings is 1. The van der Waals surface area contributed by atoms with Gasteiger partial charge in [-0.3, -0.25) is 0 Å². The minimum Gasteiger partial charge on any atom is -0.372 e. The van der Waals surface area contributed by atoms with Crippen molar-refractivity contribution in [1.82, 2.24) is 0 Å². The normalized spacial score (nSPS) is 8.17. The van der Waals surface area contributed by atoms with E-state index in [0.717, 1.165) is 11.3 Å². The highest BCUT2D eigenvalue weighted by atomic mass is 14.9. The van der Waals surface area contributed by atoms with Gasteiger partial charge in [0.1, 0.15) is 6.54 Å². The van der Waals surface area contributed by atoms with E-state index >= 15 is 0 Å². The summed E-state index contributed by atoms with van der Waals surface area (Å²) in [5, 5.41) is 11.2. The van der Waals surface area contributed by atoms with Gasteiger partial charge in [0, 0.05) is 11.3 Å². The fourth-order valence-electron chi connectivity index (χ4n) is 0.861. The van der Waals surface area contributed by atoms with Gasteiger partial charge in [-0.25, -0.2) is 0 Å². The van der Waals surface area contributed by atoms with Crippen molar-refractivity contribution >= 4 is 5.69 Å². The lowest BCUT2D eigenvalue weighted by molar-refractivity contribution is 1.32. The molecule has 1 aromatic rings. The second-order valence-corrected chi connectivity index (χ2v) is 2.24. The van der Waals surface area contributed by atoms with Crippen LogP contribution >= 0.6 is 0 Å². The molecule has 2 nitrogen and oxygen atoms in total. The van der Waals surface area contributed by atoms with Crippen LogP contribution in [0.4, 0.5) is 5.69 Å². The van der Waals surface area contributed by atoms with E-state index in [9.17, 15) is 0 Å². The van der Waals surface area contributed by atoms with Crippen molar-refractivity contribution in [3.05, 3.63) is 29.8 Å². The van der Waals surface area contributed by atoms with Gasteiger partial charge < -0.3 is 5.32 Å². The Morgan fingerprint density at radius 3 is 3.00 bits per heavy atom. The van der Waals surface area contributed by atoms with Gasteiger partial charge in [0.15, 0.2) is 0 Å². The summed E-state index contributed by atoms with van der Waals surface area (Å²) in [6.45, 7) is 0.300. The summed E-state index contributed by atoms with van der Waals surface area (Å²) in [6, 6.07) is 9.40. The van der Waals surface area contributed by atoms with Crippen LogP contribution in [0.2, 0.25) is 0 Å². The predicted molar refractivity (Wildman–Crippen MR) is 48.5 cm³/mol. The smallest absolute Gasteiger partial charge is 0.103 e. The number of nitrogens with one attached hydrogen (secondary N) is 1. The number of nitriles is 1. The van der Waals surface area contributed by atoms with Crippen LogP contribution in [0.1, 0.15) is 5.56 Å².